The molecule has 3 heterocycles. The van der Waals surface area contributed by atoms with E-state index in [0.717, 1.165) is 9.54 Å². The summed E-state index contributed by atoms with van der Waals surface area (Å²) in [5, 5.41) is 4.12. The van der Waals surface area contributed by atoms with Crippen LogP contribution in [0, 0.1) is 6.92 Å². The van der Waals surface area contributed by atoms with Crippen LogP contribution < -0.4 is 5.73 Å². The number of carbonyl (C=O) groups excluding carboxylic acids is 1. The highest BCUT2D eigenvalue weighted by Crippen LogP contribution is 2.51. The summed E-state index contributed by atoms with van der Waals surface area (Å²) in [7, 11) is -9.54. The van der Waals surface area contributed by atoms with Crippen molar-refractivity contribution in [3.63, 3.8) is 0 Å². The lowest BCUT2D eigenvalue weighted by atomic mass is 10.1. The first-order valence-electron chi connectivity index (χ1n) is 10.2. The molecule has 186 valence electrons. The lowest BCUT2D eigenvalue weighted by Gasteiger charge is -2.38. The summed E-state index contributed by atoms with van der Waals surface area (Å²) in [5.41, 5.74) is 2.16. The third-order valence-corrected chi connectivity index (χ3v) is 9.43. The van der Waals surface area contributed by atoms with E-state index in [1.165, 1.54) is 35.3 Å². The van der Waals surface area contributed by atoms with Crippen LogP contribution in [0.4, 0.5) is 13.2 Å². The van der Waals surface area contributed by atoms with E-state index in [0.29, 0.717) is 21.1 Å². The summed E-state index contributed by atoms with van der Waals surface area (Å²) in [5.74, 6) is -1.41. The second-order valence-electron chi connectivity index (χ2n) is 8.43. The zero-order chi connectivity index (χ0) is 25.5. The molecule has 0 radical (unpaired) electrons. The van der Waals surface area contributed by atoms with Gasteiger partial charge in [0.2, 0.25) is 0 Å². The first-order valence-corrected chi connectivity index (χ1v) is 13.1. The topological polar surface area (TPSA) is 137 Å². The van der Waals surface area contributed by atoms with Gasteiger partial charge >= 0.3 is 15.5 Å². The number of aromatic nitrogens is 3. The van der Waals surface area contributed by atoms with Gasteiger partial charge < -0.3 is 5.73 Å². The van der Waals surface area contributed by atoms with Crippen molar-refractivity contribution in [2.24, 2.45) is 5.73 Å². The second-order valence-corrected chi connectivity index (χ2v) is 12.1. The van der Waals surface area contributed by atoms with E-state index in [4.69, 9.17) is 5.73 Å². The van der Waals surface area contributed by atoms with Crippen LogP contribution in [0.15, 0.2) is 47.6 Å². The predicted molar refractivity (Wildman–Crippen MR) is 115 cm³/mol. The van der Waals surface area contributed by atoms with Gasteiger partial charge in [0.15, 0.2) is 0 Å². The summed E-state index contributed by atoms with van der Waals surface area (Å²) in [6, 6.07) is 6.90. The Morgan fingerprint density at radius 2 is 1.74 bits per heavy atom. The molecular formula is C20H18F3N5O5S2. The van der Waals surface area contributed by atoms with Crippen molar-refractivity contribution >= 4 is 26.0 Å². The van der Waals surface area contributed by atoms with Gasteiger partial charge in [-0.2, -0.15) is 22.6 Å². The maximum atomic E-state index is 13.3. The molecule has 3 aromatic rings. The molecule has 35 heavy (non-hydrogen) atoms. The highest BCUT2D eigenvalue weighted by molar-refractivity contribution is 7.90. The van der Waals surface area contributed by atoms with E-state index in [2.05, 4.69) is 5.10 Å². The van der Waals surface area contributed by atoms with Crippen LogP contribution in [-0.4, -0.2) is 59.4 Å². The van der Waals surface area contributed by atoms with Gasteiger partial charge in [-0.3, -0.25) is 9.48 Å². The number of hydrogen-bond acceptors (Lipinski definition) is 6. The molecule has 2 aliphatic rings. The molecule has 1 aliphatic carbocycles. The zero-order valence-electron chi connectivity index (χ0n) is 18.0. The highest BCUT2D eigenvalue weighted by atomic mass is 32.2. The van der Waals surface area contributed by atoms with Crippen molar-refractivity contribution in [3.8, 4) is 0 Å². The fourth-order valence-corrected chi connectivity index (χ4v) is 6.76. The number of benzene rings is 1. The normalized spacial score (nSPS) is 18.8. The molecule has 0 spiro atoms. The summed E-state index contributed by atoms with van der Waals surface area (Å²) in [4.78, 5) is 11.9. The maximum Gasteiger partial charge on any atom is 0.511 e. The number of nitrogens with two attached hydrogens (primary N) is 1. The Hall–Kier alpha value is -3.17. The maximum absolute atomic E-state index is 13.3. The van der Waals surface area contributed by atoms with Crippen LogP contribution in [0.2, 0.25) is 0 Å². The second kappa shape index (κ2) is 7.41. The Labute approximate surface area is 197 Å². The molecule has 10 nitrogen and oxygen atoms in total. The van der Waals surface area contributed by atoms with E-state index in [-0.39, 0.29) is 23.7 Å². The van der Waals surface area contributed by atoms with Gasteiger partial charge in [0.05, 0.1) is 28.7 Å². The molecule has 1 aromatic carbocycles. The Bertz CT molecular complexity index is 1570. The number of hydrogen-bond donors (Lipinski definition) is 1. The van der Waals surface area contributed by atoms with Gasteiger partial charge in [-0.05, 0) is 30.7 Å². The summed E-state index contributed by atoms with van der Waals surface area (Å²) in [6.45, 7) is 1.02. The van der Waals surface area contributed by atoms with Crippen molar-refractivity contribution in [1.29, 1.82) is 0 Å². The summed E-state index contributed by atoms with van der Waals surface area (Å²) >= 11 is 0. The number of amides is 1. The standard InChI is InChI=1S/C20H18F3N5O5S2/c1-11-2-4-14(5-3-11)34(30,31)28-16(19(24)29)6-15-17(18(15)28)12-7-25-27(8-12)13-9-26(10-13)35(32,33)20(21,22)23/h2-8,13,17H,9-10H2,1H3,(H2,24,29). The molecule has 2 aromatic heterocycles. The lowest BCUT2D eigenvalue weighted by molar-refractivity contribution is -0.0521. The van der Waals surface area contributed by atoms with Gasteiger partial charge in [0.1, 0.15) is 5.69 Å². The summed E-state index contributed by atoms with van der Waals surface area (Å²) in [6.07, 6.45) is 2.96. The lowest BCUT2D eigenvalue weighted by Crippen LogP contribution is -2.54. The third kappa shape index (κ3) is 3.56. The fraction of sp³-hybridized carbons (Fsp3) is 0.300. The van der Waals surface area contributed by atoms with Gasteiger partial charge in [-0.15, -0.1) is 0 Å². The molecule has 1 amide bonds. The Balaban J connectivity index is 1.41. The Morgan fingerprint density at radius 1 is 1.11 bits per heavy atom. The van der Waals surface area contributed by atoms with E-state index >= 15 is 0 Å². The van der Waals surface area contributed by atoms with Crippen LogP contribution in [-0.2, 0) is 20.0 Å². The minimum atomic E-state index is -5.40. The number of fused-ring (bicyclic) bond motifs is 1. The van der Waals surface area contributed by atoms with Gasteiger partial charge in [0.25, 0.3) is 15.9 Å². The van der Waals surface area contributed by atoms with E-state index < -0.39 is 43.4 Å². The molecular weight excluding hydrogens is 511 g/mol. The van der Waals surface area contributed by atoms with Crippen LogP contribution in [0.5, 0.6) is 0 Å². The fourth-order valence-electron chi connectivity index (χ4n) is 4.17. The monoisotopic (exact) mass is 529 g/mol. The van der Waals surface area contributed by atoms with E-state index in [1.54, 1.807) is 19.1 Å². The van der Waals surface area contributed by atoms with Crippen molar-refractivity contribution in [1.82, 2.24) is 18.1 Å². The first kappa shape index (κ1) is 23.6. The average Bonchev–Trinajstić information content (AvgIpc) is 3.07. The number of primary amides is 1. The van der Waals surface area contributed by atoms with Gasteiger partial charge in [-0.1, -0.05) is 17.7 Å². The van der Waals surface area contributed by atoms with Crippen LogP contribution >= 0.6 is 0 Å². The van der Waals surface area contributed by atoms with E-state index in [9.17, 15) is 34.8 Å². The van der Waals surface area contributed by atoms with Crippen molar-refractivity contribution in [3.05, 3.63) is 70.8 Å². The first-order chi connectivity index (χ1) is 16.2. The average molecular weight is 530 g/mol. The number of alkyl halides is 3. The van der Waals surface area contributed by atoms with Crippen LogP contribution in [0.25, 0.3) is 0 Å². The largest absolute Gasteiger partial charge is 0.511 e. The van der Waals surface area contributed by atoms with Crippen molar-refractivity contribution in [2.75, 3.05) is 13.1 Å². The Morgan fingerprint density at radius 3 is 2.31 bits per heavy atom. The third-order valence-electron chi connectivity index (χ3n) is 6.13. The molecule has 1 unspecified atom stereocenters. The smallest absolute Gasteiger partial charge is 0.364 e. The van der Waals surface area contributed by atoms with Crippen LogP contribution in [0.3, 0.4) is 0 Å². The molecule has 1 saturated heterocycles. The van der Waals surface area contributed by atoms with Gasteiger partial charge in [-0.25, -0.2) is 20.8 Å². The quantitative estimate of drug-likeness (QED) is 0.402. The molecule has 1 atom stereocenters. The molecule has 5 rings (SSSR count). The molecule has 1 fully saturated rings. The van der Waals surface area contributed by atoms with Gasteiger partial charge in [0, 0.05) is 24.8 Å². The molecule has 2 N–H and O–H groups in total. The minimum Gasteiger partial charge on any atom is -0.364 e. The summed E-state index contributed by atoms with van der Waals surface area (Å²) < 4.78 is 90.3. The predicted octanol–water partition coefficient (Wildman–Crippen LogP) is 1.53. The zero-order valence-corrected chi connectivity index (χ0v) is 19.6. The molecule has 0 bridgehead atoms. The molecule has 0 saturated carbocycles. The Kier molecular flexibility index (Phi) is 4.99. The van der Waals surface area contributed by atoms with E-state index in [1.807, 2.05) is 0 Å². The number of carbonyl (C=O) groups is 1. The van der Waals surface area contributed by atoms with Crippen LogP contribution in [0.1, 0.15) is 44.8 Å². The minimum absolute atomic E-state index is 0.0224. The number of rotatable bonds is 6. The van der Waals surface area contributed by atoms with Crippen molar-refractivity contribution in [2.45, 2.75) is 29.3 Å². The SMILES string of the molecule is Cc1ccc(S(=O)(=O)n2c(C(N)=O)cc3c2C3c2cnn(C3CN(S(=O)(=O)C(F)(F)F)C3)c2)cc1. The number of aryl methyl sites for hydroxylation is 1. The van der Waals surface area contributed by atoms with Crippen molar-refractivity contribution < 1.29 is 34.8 Å². The highest BCUT2D eigenvalue weighted by Gasteiger charge is 2.54. The number of halogens is 3. The molecule has 1 aliphatic heterocycles. The number of nitrogens with zero attached hydrogens (tertiary/aromatic N) is 4. The molecule has 15 heteroatoms. The number of sulfonamides is 1.